The molecule has 0 aliphatic rings. The Morgan fingerprint density at radius 2 is 1.85 bits per heavy atom. The lowest BCUT2D eigenvalue weighted by molar-refractivity contribution is -0.385. The van der Waals surface area contributed by atoms with Crippen molar-refractivity contribution in [2.75, 3.05) is 0 Å². The highest BCUT2D eigenvalue weighted by molar-refractivity contribution is 5.81. The number of nitrogens with zero attached hydrogens (tertiary/aromatic N) is 1. The Hall–Kier alpha value is -1.79. The minimum atomic E-state index is -0.580. The number of nitrogens with two attached hydrogens (primary N) is 2. The van der Waals surface area contributed by atoms with Gasteiger partial charge in [0, 0.05) is 6.07 Å². The third kappa shape index (κ3) is 2.97. The van der Waals surface area contributed by atoms with Gasteiger partial charge in [0.2, 0.25) is 0 Å². The van der Waals surface area contributed by atoms with Crippen molar-refractivity contribution in [1.82, 2.24) is 0 Å². The van der Waals surface area contributed by atoms with Crippen LogP contribution in [-0.2, 0) is 0 Å². The third-order valence-corrected chi connectivity index (χ3v) is 1.26. The van der Waals surface area contributed by atoms with Gasteiger partial charge < -0.3 is 0 Å². The smallest absolute Gasteiger partial charge is 0.279 e. The molecule has 0 spiro atoms. The molecule has 1 aromatic carbocycles. The summed E-state index contributed by atoms with van der Waals surface area (Å²) in [4.78, 5) is 19.9. The fraction of sp³-hybridized carbons (Fsp3) is 0. The molecule has 0 bridgehead atoms. The van der Waals surface area contributed by atoms with E-state index in [-0.39, 0.29) is 11.3 Å². The lowest BCUT2D eigenvalue weighted by Crippen LogP contribution is -2.02. The van der Waals surface area contributed by atoms with Crippen molar-refractivity contribution in [3.63, 3.8) is 0 Å². The van der Waals surface area contributed by atoms with Gasteiger partial charge in [0.25, 0.3) is 5.69 Å². The van der Waals surface area contributed by atoms with Crippen molar-refractivity contribution in [1.29, 1.82) is 0 Å². The molecule has 4 N–H and O–H groups in total. The minimum absolute atomic E-state index is 0.109. The van der Waals surface area contributed by atoms with Crippen LogP contribution in [0.4, 0.5) is 5.69 Å². The molecule has 0 unspecified atom stereocenters. The van der Waals surface area contributed by atoms with Crippen molar-refractivity contribution in [3.05, 3.63) is 39.9 Å². The average molecular weight is 183 g/mol. The van der Waals surface area contributed by atoms with Gasteiger partial charge in [0.15, 0.2) is 6.29 Å². The molecule has 6 nitrogen and oxygen atoms in total. The molecule has 0 heterocycles. The summed E-state index contributed by atoms with van der Waals surface area (Å²) in [6.45, 7) is 0. The Morgan fingerprint density at radius 3 is 2.23 bits per heavy atom. The largest absolute Gasteiger partial charge is 0.298 e. The first-order valence-electron chi connectivity index (χ1n) is 3.27. The molecule has 0 amide bonds. The maximum absolute atomic E-state index is 10.2. The predicted molar refractivity (Wildman–Crippen MR) is 46.9 cm³/mol. The van der Waals surface area contributed by atoms with E-state index in [1.807, 2.05) is 0 Å². The molecular formula is C7H9N3O3. The number of carbonyl (C=O) groups excluding carboxylic acids is 1. The number of carbonyl (C=O) groups is 1. The summed E-state index contributed by atoms with van der Waals surface area (Å²) < 4.78 is 0. The van der Waals surface area contributed by atoms with Crippen LogP contribution in [0.15, 0.2) is 24.3 Å². The van der Waals surface area contributed by atoms with Crippen LogP contribution in [0.3, 0.4) is 0 Å². The van der Waals surface area contributed by atoms with Gasteiger partial charge in [0.1, 0.15) is 0 Å². The summed E-state index contributed by atoms with van der Waals surface area (Å²) >= 11 is 0. The van der Waals surface area contributed by atoms with E-state index in [0.29, 0.717) is 6.29 Å². The zero-order chi connectivity index (χ0) is 10.3. The number of aldehydes is 1. The summed E-state index contributed by atoms with van der Waals surface area (Å²) in [5.41, 5.74) is -0.0417. The molecule has 0 radical (unpaired) electrons. The summed E-state index contributed by atoms with van der Waals surface area (Å²) in [6, 6.07) is 5.80. The Morgan fingerprint density at radius 1 is 1.31 bits per heavy atom. The minimum Gasteiger partial charge on any atom is -0.298 e. The molecule has 0 aliphatic carbocycles. The van der Waals surface area contributed by atoms with Crippen molar-refractivity contribution in [2.45, 2.75) is 0 Å². The van der Waals surface area contributed by atoms with E-state index in [1.54, 1.807) is 6.07 Å². The molecule has 13 heavy (non-hydrogen) atoms. The highest BCUT2D eigenvalue weighted by Gasteiger charge is 2.09. The quantitative estimate of drug-likeness (QED) is 0.295. The SMILES string of the molecule is NN.O=Cc1ccccc1[N+](=O)[O-]. The van der Waals surface area contributed by atoms with Gasteiger partial charge in [-0.15, -0.1) is 0 Å². The molecule has 6 heteroatoms. The molecule has 70 valence electrons. The number of hydrogen-bond donors (Lipinski definition) is 2. The van der Waals surface area contributed by atoms with Crippen molar-refractivity contribution in [3.8, 4) is 0 Å². The number of rotatable bonds is 2. The van der Waals surface area contributed by atoms with Gasteiger partial charge in [-0.05, 0) is 6.07 Å². The molecule has 0 fully saturated rings. The van der Waals surface area contributed by atoms with Gasteiger partial charge in [-0.3, -0.25) is 26.6 Å². The monoisotopic (exact) mass is 183 g/mol. The fourth-order valence-electron chi connectivity index (χ4n) is 0.753. The highest BCUT2D eigenvalue weighted by atomic mass is 16.6. The predicted octanol–water partition coefficient (Wildman–Crippen LogP) is 0.226. The van der Waals surface area contributed by atoms with Gasteiger partial charge in [-0.2, -0.15) is 0 Å². The van der Waals surface area contributed by atoms with Crippen LogP contribution in [0.2, 0.25) is 0 Å². The third-order valence-electron chi connectivity index (χ3n) is 1.26. The van der Waals surface area contributed by atoms with E-state index in [2.05, 4.69) is 11.7 Å². The highest BCUT2D eigenvalue weighted by Crippen LogP contribution is 2.14. The van der Waals surface area contributed by atoms with E-state index >= 15 is 0 Å². The lowest BCUT2D eigenvalue weighted by Gasteiger charge is -1.91. The van der Waals surface area contributed by atoms with Crippen molar-refractivity contribution < 1.29 is 9.72 Å². The molecular weight excluding hydrogens is 174 g/mol. The van der Waals surface area contributed by atoms with Crippen LogP contribution in [0.25, 0.3) is 0 Å². The van der Waals surface area contributed by atoms with E-state index in [4.69, 9.17) is 0 Å². The summed E-state index contributed by atoms with van der Waals surface area (Å²) in [5.74, 6) is 8.00. The van der Waals surface area contributed by atoms with E-state index < -0.39 is 4.92 Å². The Labute approximate surface area is 74.3 Å². The zero-order valence-corrected chi connectivity index (χ0v) is 6.71. The van der Waals surface area contributed by atoms with Gasteiger partial charge in [-0.1, -0.05) is 12.1 Å². The molecule has 0 atom stereocenters. The van der Waals surface area contributed by atoms with Gasteiger partial charge in [-0.25, -0.2) is 0 Å². The van der Waals surface area contributed by atoms with Crippen LogP contribution < -0.4 is 11.7 Å². The molecule has 0 aliphatic heterocycles. The maximum atomic E-state index is 10.2. The standard InChI is InChI=1S/C7H5NO3.H4N2/c9-5-6-3-1-2-4-7(6)8(10)11;1-2/h1-5H;1-2H2. The summed E-state index contributed by atoms with van der Waals surface area (Å²) in [6.07, 6.45) is 0.470. The fourth-order valence-corrected chi connectivity index (χ4v) is 0.753. The first-order chi connectivity index (χ1) is 6.25. The maximum Gasteiger partial charge on any atom is 0.279 e. The Bertz CT molecular complexity index is 301. The number of nitro groups is 1. The zero-order valence-electron chi connectivity index (χ0n) is 6.71. The first-order valence-corrected chi connectivity index (χ1v) is 3.27. The average Bonchev–Trinajstić information content (AvgIpc) is 2.20. The molecule has 0 aromatic heterocycles. The van der Waals surface area contributed by atoms with Crippen LogP contribution in [0.5, 0.6) is 0 Å². The van der Waals surface area contributed by atoms with E-state index in [0.717, 1.165) is 0 Å². The second kappa shape index (κ2) is 5.81. The van der Waals surface area contributed by atoms with Crippen LogP contribution in [-0.4, -0.2) is 11.2 Å². The number of para-hydroxylation sites is 1. The second-order valence-corrected chi connectivity index (χ2v) is 1.93. The Balaban J connectivity index is 0.000000671. The molecule has 0 saturated carbocycles. The number of hydrogen-bond acceptors (Lipinski definition) is 5. The number of nitro benzene ring substituents is 1. The van der Waals surface area contributed by atoms with Gasteiger partial charge in [0.05, 0.1) is 10.5 Å². The molecule has 0 saturated heterocycles. The molecule has 1 aromatic rings. The molecule has 1 rings (SSSR count). The van der Waals surface area contributed by atoms with Crippen LogP contribution >= 0.6 is 0 Å². The second-order valence-electron chi connectivity index (χ2n) is 1.93. The topological polar surface area (TPSA) is 112 Å². The summed E-state index contributed by atoms with van der Waals surface area (Å²) in [5, 5.41) is 10.2. The van der Waals surface area contributed by atoms with Crippen molar-refractivity contribution in [2.24, 2.45) is 11.7 Å². The summed E-state index contributed by atoms with van der Waals surface area (Å²) in [7, 11) is 0. The number of hydrazine groups is 1. The van der Waals surface area contributed by atoms with E-state index in [1.165, 1.54) is 18.2 Å². The first kappa shape index (κ1) is 11.2. The van der Waals surface area contributed by atoms with Crippen LogP contribution in [0, 0.1) is 10.1 Å². The van der Waals surface area contributed by atoms with Crippen molar-refractivity contribution >= 4 is 12.0 Å². The number of benzene rings is 1. The Kier molecular flexibility index (Phi) is 5.01. The lowest BCUT2D eigenvalue weighted by atomic mass is 10.2. The van der Waals surface area contributed by atoms with Gasteiger partial charge >= 0.3 is 0 Å². The van der Waals surface area contributed by atoms with E-state index in [9.17, 15) is 14.9 Å². The normalized spacial score (nSPS) is 8.15. The van der Waals surface area contributed by atoms with Crippen LogP contribution in [0.1, 0.15) is 10.4 Å².